The topological polar surface area (TPSA) is 40.7 Å². The molecule has 0 aliphatic heterocycles. The molecule has 1 heterocycles. The summed E-state index contributed by atoms with van der Waals surface area (Å²) in [5.41, 5.74) is 2.14. The van der Waals surface area contributed by atoms with Gasteiger partial charge in [-0.15, -0.1) is 0 Å². The summed E-state index contributed by atoms with van der Waals surface area (Å²) in [4.78, 5) is 7.83. The van der Waals surface area contributed by atoms with Crippen LogP contribution >= 0.6 is 0 Å². The van der Waals surface area contributed by atoms with Gasteiger partial charge in [0.25, 0.3) is 0 Å². The van der Waals surface area contributed by atoms with Crippen LogP contribution in [0.2, 0.25) is 0 Å². The molecule has 90 valence electrons. The van der Waals surface area contributed by atoms with Crippen LogP contribution in [0.25, 0.3) is 11.0 Å². The van der Waals surface area contributed by atoms with Crippen LogP contribution < -0.4 is 5.32 Å². The highest BCUT2D eigenvalue weighted by Crippen LogP contribution is 2.30. The summed E-state index contributed by atoms with van der Waals surface area (Å²) in [5, 5.41) is 3.43. The average molecular weight is 229 g/mol. The number of fused-ring (bicyclic) bond motifs is 1. The number of hydrogen-bond acceptors (Lipinski definition) is 2. The second-order valence-electron chi connectivity index (χ2n) is 5.27. The highest BCUT2D eigenvalue weighted by molar-refractivity contribution is 5.77. The van der Waals surface area contributed by atoms with Gasteiger partial charge in [0, 0.05) is 6.54 Å². The minimum Gasteiger partial charge on any atom is -0.356 e. The maximum atomic E-state index is 4.53. The molecular formula is C14H19N3. The van der Waals surface area contributed by atoms with Crippen LogP contribution in [0.4, 0.5) is 5.95 Å². The van der Waals surface area contributed by atoms with Crippen molar-refractivity contribution >= 4 is 17.0 Å². The van der Waals surface area contributed by atoms with Gasteiger partial charge < -0.3 is 10.3 Å². The lowest BCUT2D eigenvalue weighted by molar-refractivity contribution is 0.536. The Labute approximate surface area is 102 Å². The summed E-state index contributed by atoms with van der Waals surface area (Å²) in [6.45, 7) is 3.39. The highest BCUT2D eigenvalue weighted by Gasteiger charge is 2.21. The van der Waals surface area contributed by atoms with Gasteiger partial charge in [0.15, 0.2) is 0 Å². The quantitative estimate of drug-likeness (QED) is 0.846. The number of imidazole rings is 1. The van der Waals surface area contributed by atoms with E-state index in [9.17, 15) is 0 Å². The fraction of sp³-hybridized carbons (Fsp3) is 0.500. The third-order valence-corrected chi connectivity index (χ3v) is 3.75. The molecule has 1 fully saturated rings. The molecule has 17 heavy (non-hydrogen) atoms. The van der Waals surface area contributed by atoms with Gasteiger partial charge in [0.05, 0.1) is 11.0 Å². The van der Waals surface area contributed by atoms with Gasteiger partial charge in [0.2, 0.25) is 5.95 Å². The van der Waals surface area contributed by atoms with Crippen molar-refractivity contribution in [2.24, 2.45) is 11.8 Å². The number of nitrogens with zero attached hydrogens (tertiary/aromatic N) is 1. The lowest BCUT2D eigenvalue weighted by Crippen LogP contribution is -2.12. The summed E-state index contributed by atoms with van der Waals surface area (Å²) >= 11 is 0. The molecule has 0 radical (unpaired) electrons. The van der Waals surface area contributed by atoms with Crippen LogP contribution in [-0.4, -0.2) is 16.5 Å². The van der Waals surface area contributed by atoms with Gasteiger partial charge in [-0.1, -0.05) is 25.5 Å². The molecule has 3 nitrogen and oxygen atoms in total. The molecule has 1 saturated carbocycles. The Hall–Kier alpha value is -1.51. The zero-order valence-electron chi connectivity index (χ0n) is 10.2. The summed E-state index contributed by atoms with van der Waals surface area (Å²) in [5.74, 6) is 2.63. The van der Waals surface area contributed by atoms with Gasteiger partial charge in [-0.05, 0) is 36.8 Å². The normalized spacial score (nSPS) is 24.3. The Bertz CT molecular complexity index is 470. The van der Waals surface area contributed by atoms with E-state index < -0.39 is 0 Å². The molecule has 0 bridgehead atoms. The summed E-state index contributed by atoms with van der Waals surface area (Å²) in [6.07, 6.45) is 4.09. The van der Waals surface area contributed by atoms with Crippen molar-refractivity contribution in [3.8, 4) is 0 Å². The highest BCUT2D eigenvalue weighted by atomic mass is 15.1. The first kappa shape index (κ1) is 10.6. The molecule has 2 atom stereocenters. The van der Waals surface area contributed by atoms with Gasteiger partial charge in [-0.25, -0.2) is 4.98 Å². The molecule has 1 aromatic heterocycles. The Morgan fingerprint density at radius 2 is 2.24 bits per heavy atom. The first-order valence-corrected chi connectivity index (χ1v) is 6.50. The van der Waals surface area contributed by atoms with Crippen LogP contribution in [0.1, 0.15) is 26.2 Å². The van der Waals surface area contributed by atoms with E-state index >= 15 is 0 Å². The van der Waals surface area contributed by atoms with Crippen molar-refractivity contribution < 1.29 is 0 Å². The van der Waals surface area contributed by atoms with E-state index in [1.807, 2.05) is 18.2 Å². The minimum atomic E-state index is 0.818. The van der Waals surface area contributed by atoms with E-state index in [-0.39, 0.29) is 0 Å². The number of aromatic nitrogens is 2. The summed E-state index contributed by atoms with van der Waals surface area (Å²) < 4.78 is 0. The fourth-order valence-corrected chi connectivity index (χ4v) is 2.79. The smallest absolute Gasteiger partial charge is 0.201 e. The third-order valence-electron chi connectivity index (χ3n) is 3.75. The molecule has 3 heteroatoms. The maximum absolute atomic E-state index is 4.53. The molecule has 1 aliphatic rings. The molecule has 3 rings (SSSR count). The molecule has 0 amide bonds. The molecule has 2 aromatic rings. The van der Waals surface area contributed by atoms with Crippen molar-refractivity contribution in [1.29, 1.82) is 0 Å². The molecule has 1 aromatic carbocycles. The molecule has 1 aliphatic carbocycles. The predicted molar refractivity (Wildman–Crippen MR) is 71.1 cm³/mol. The first-order valence-electron chi connectivity index (χ1n) is 6.50. The zero-order chi connectivity index (χ0) is 11.7. The number of anilines is 1. The van der Waals surface area contributed by atoms with Crippen LogP contribution in [0.5, 0.6) is 0 Å². The van der Waals surface area contributed by atoms with Gasteiger partial charge in [-0.2, -0.15) is 0 Å². The van der Waals surface area contributed by atoms with E-state index in [1.165, 1.54) is 19.3 Å². The Morgan fingerprint density at radius 1 is 1.35 bits per heavy atom. The third kappa shape index (κ3) is 2.28. The van der Waals surface area contributed by atoms with Crippen molar-refractivity contribution in [3.05, 3.63) is 24.3 Å². The number of benzene rings is 1. The molecule has 0 saturated heterocycles. The molecule has 2 unspecified atom stereocenters. The minimum absolute atomic E-state index is 0.818. The lowest BCUT2D eigenvalue weighted by Gasteiger charge is -2.09. The first-order chi connectivity index (χ1) is 8.31. The molecule has 0 spiro atoms. The Balaban J connectivity index is 1.65. The van der Waals surface area contributed by atoms with Crippen LogP contribution in [0.15, 0.2) is 24.3 Å². The van der Waals surface area contributed by atoms with Crippen LogP contribution in [-0.2, 0) is 0 Å². The summed E-state index contributed by atoms with van der Waals surface area (Å²) in [7, 11) is 0. The van der Waals surface area contributed by atoms with E-state index in [0.29, 0.717) is 0 Å². The SMILES string of the molecule is CC1CCC(CNc2nc3ccccc3[nH]2)C1. The van der Waals surface area contributed by atoms with Gasteiger partial charge >= 0.3 is 0 Å². The number of para-hydroxylation sites is 2. The van der Waals surface area contributed by atoms with Crippen molar-refractivity contribution in [3.63, 3.8) is 0 Å². The standard InChI is InChI=1S/C14H19N3/c1-10-6-7-11(8-10)9-15-14-16-12-4-2-3-5-13(12)17-14/h2-5,10-11H,6-9H2,1H3,(H2,15,16,17). The van der Waals surface area contributed by atoms with E-state index in [1.54, 1.807) is 0 Å². The van der Waals surface area contributed by atoms with Crippen molar-refractivity contribution in [1.82, 2.24) is 9.97 Å². The van der Waals surface area contributed by atoms with Crippen molar-refractivity contribution in [2.75, 3.05) is 11.9 Å². The van der Waals surface area contributed by atoms with E-state index in [0.717, 1.165) is 35.4 Å². The monoisotopic (exact) mass is 229 g/mol. The van der Waals surface area contributed by atoms with Crippen molar-refractivity contribution in [2.45, 2.75) is 26.2 Å². The van der Waals surface area contributed by atoms with E-state index in [4.69, 9.17) is 0 Å². The Morgan fingerprint density at radius 3 is 3.00 bits per heavy atom. The van der Waals surface area contributed by atoms with Crippen LogP contribution in [0.3, 0.4) is 0 Å². The number of H-pyrrole nitrogens is 1. The lowest BCUT2D eigenvalue weighted by atomic mass is 10.1. The zero-order valence-corrected chi connectivity index (χ0v) is 10.2. The molecular weight excluding hydrogens is 210 g/mol. The number of nitrogens with one attached hydrogen (secondary N) is 2. The van der Waals surface area contributed by atoms with Crippen LogP contribution in [0, 0.1) is 11.8 Å². The van der Waals surface area contributed by atoms with E-state index in [2.05, 4.69) is 28.3 Å². The number of hydrogen-bond donors (Lipinski definition) is 2. The second kappa shape index (κ2) is 4.40. The number of rotatable bonds is 3. The maximum Gasteiger partial charge on any atom is 0.201 e. The van der Waals surface area contributed by atoms with Gasteiger partial charge in [-0.3, -0.25) is 0 Å². The number of aromatic amines is 1. The average Bonchev–Trinajstić information content (AvgIpc) is 2.91. The fourth-order valence-electron chi connectivity index (χ4n) is 2.79. The largest absolute Gasteiger partial charge is 0.356 e. The molecule has 2 N–H and O–H groups in total. The van der Waals surface area contributed by atoms with Gasteiger partial charge in [0.1, 0.15) is 0 Å². The summed E-state index contributed by atoms with van der Waals surface area (Å²) in [6, 6.07) is 8.15. The predicted octanol–water partition coefficient (Wildman–Crippen LogP) is 3.41. The second-order valence-corrected chi connectivity index (χ2v) is 5.27. The Kier molecular flexibility index (Phi) is 2.75.